The molecule has 0 spiro atoms. The molecule has 50 heavy (non-hydrogen) atoms. The van der Waals surface area contributed by atoms with E-state index in [1.54, 1.807) is 0 Å². The molecule has 0 fully saturated rings. The van der Waals surface area contributed by atoms with Crippen molar-refractivity contribution in [2.24, 2.45) is 0 Å². The quantitative estimate of drug-likeness (QED) is 0.187. The molecular weight excluding hydrogens is 627 g/mol. The van der Waals surface area contributed by atoms with E-state index in [4.69, 9.17) is 0 Å². The van der Waals surface area contributed by atoms with Crippen LogP contribution >= 0.6 is 11.8 Å². The second-order valence-electron chi connectivity index (χ2n) is 13.0. The van der Waals surface area contributed by atoms with Gasteiger partial charge in [-0.3, -0.25) is 0 Å². The zero-order valence-electron chi connectivity index (χ0n) is 27.0. The summed E-state index contributed by atoms with van der Waals surface area (Å²) in [5.41, 5.74) is 10.7. The highest BCUT2D eigenvalue weighted by molar-refractivity contribution is 7.99. The molecule has 3 heterocycles. The highest BCUT2D eigenvalue weighted by atomic mass is 32.2. The third-order valence-corrected chi connectivity index (χ3v) is 11.3. The summed E-state index contributed by atoms with van der Waals surface area (Å²) in [6, 6.07) is 64.0. The zero-order chi connectivity index (χ0) is 32.8. The smallest absolute Gasteiger partial charge is 0.0688 e. The van der Waals surface area contributed by atoms with E-state index >= 15 is 0 Å². The maximum Gasteiger partial charge on any atom is 0.0688 e. The Balaban J connectivity index is 1.22. The standard InChI is InChI=1S/C46H29N3S/c1-2-16-31(17-3-1)47(37-26-12-15-30-14-4-5-20-34(30)37)32-18-13-19-33(28-32)48-38-23-8-6-21-35(38)44-41(48)29-43-46-45(44)36-22-7-9-24-39(36)49(46)40-25-10-11-27-42(40)50-43/h1-29H. The Bertz CT molecular complexity index is 2970. The second-order valence-corrected chi connectivity index (χ2v) is 14.0. The molecule has 8 aromatic carbocycles. The lowest BCUT2D eigenvalue weighted by Gasteiger charge is -2.27. The molecule has 1 aliphatic rings. The van der Waals surface area contributed by atoms with E-state index < -0.39 is 0 Å². The number of rotatable bonds is 4. The van der Waals surface area contributed by atoms with Crippen molar-refractivity contribution in [3.63, 3.8) is 0 Å². The van der Waals surface area contributed by atoms with Crippen LogP contribution in [0.25, 0.3) is 65.8 Å². The minimum absolute atomic E-state index is 1.11. The topological polar surface area (TPSA) is 13.1 Å². The number of fused-ring (bicyclic) bond motifs is 10. The Morgan fingerprint density at radius 3 is 1.92 bits per heavy atom. The maximum absolute atomic E-state index is 2.49. The third kappa shape index (κ3) is 3.88. The highest BCUT2D eigenvalue weighted by Crippen LogP contribution is 2.51. The molecule has 11 rings (SSSR count). The van der Waals surface area contributed by atoms with Crippen LogP contribution in [0.1, 0.15) is 0 Å². The second kappa shape index (κ2) is 10.6. The van der Waals surface area contributed by atoms with E-state index in [9.17, 15) is 0 Å². The minimum atomic E-state index is 1.11. The number of hydrogen-bond donors (Lipinski definition) is 0. The summed E-state index contributed by atoms with van der Waals surface area (Å²) in [5, 5.41) is 7.61. The molecule has 234 valence electrons. The number of anilines is 3. The van der Waals surface area contributed by atoms with Crippen LogP contribution in [0.5, 0.6) is 0 Å². The van der Waals surface area contributed by atoms with Crippen molar-refractivity contribution in [3.05, 3.63) is 176 Å². The van der Waals surface area contributed by atoms with E-state index in [2.05, 4.69) is 190 Å². The minimum Gasteiger partial charge on any atom is -0.310 e. The van der Waals surface area contributed by atoms with Crippen molar-refractivity contribution >= 4 is 83.2 Å². The number of hydrogen-bond acceptors (Lipinski definition) is 2. The molecule has 0 N–H and O–H groups in total. The van der Waals surface area contributed by atoms with Crippen molar-refractivity contribution in [2.75, 3.05) is 4.90 Å². The average molecular weight is 656 g/mol. The van der Waals surface area contributed by atoms with Gasteiger partial charge in [0.2, 0.25) is 0 Å². The first-order valence-corrected chi connectivity index (χ1v) is 17.9. The normalized spacial score (nSPS) is 12.3. The van der Waals surface area contributed by atoms with Crippen LogP contribution in [0.15, 0.2) is 186 Å². The Hall–Kier alpha value is -6.23. The number of nitrogens with zero attached hydrogens (tertiary/aromatic N) is 3. The molecule has 1 aliphatic heterocycles. The Morgan fingerprint density at radius 2 is 1.06 bits per heavy atom. The van der Waals surface area contributed by atoms with Crippen LogP contribution < -0.4 is 4.90 Å². The van der Waals surface area contributed by atoms with Gasteiger partial charge in [-0.05, 0) is 72.1 Å². The molecule has 0 atom stereocenters. The molecule has 0 saturated heterocycles. The lowest BCUT2D eigenvalue weighted by molar-refractivity contribution is 1.09. The van der Waals surface area contributed by atoms with Gasteiger partial charge in [0.05, 0.1) is 33.4 Å². The molecule has 0 bridgehead atoms. The van der Waals surface area contributed by atoms with Crippen LogP contribution in [-0.2, 0) is 0 Å². The van der Waals surface area contributed by atoms with E-state index in [1.807, 2.05) is 11.8 Å². The molecule has 0 radical (unpaired) electrons. The van der Waals surface area contributed by atoms with Gasteiger partial charge in [0.15, 0.2) is 0 Å². The zero-order valence-corrected chi connectivity index (χ0v) is 27.8. The van der Waals surface area contributed by atoms with Gasteiger partial charge < -0.3 is 14.0 Å². The van der Waals surface area contributed by atoms with Gasteiger partial charge in [-0.1, -0.05) is 121 Å². The first-order valence-electron chi connectivity index (χ1n) is 17.0. The van der Waals surface area contributed by atoms with Crippen molar-refractivity contribution in [2.45, 2.75) is 9.79 Å². The monoisotopic (exact) mass is 655 g/mol. The fourth-order valence-electron chi connectivity index (χ4n) is 8.21. The van der Waals surface area contributed by atoms with Crippen LogP contribution in [-0.4, -0.2) is 9.13 Å². The summed E-state index contributed by atoms with van der Waals surface area (Å²) in [5.74, 6) is 0. The molecule has 0 aliphatic carbocycles. The van der Waals surface area contributed by atoms with Gasteiger partial charge in [-0.2, -0.15) is 0 Å². The molecular formula is C46H29N3S. The number of para-hydroxylation sites is 4. The fraction of sp³-hybridized carbons (Fsp3) is 0. The SMILES string of the molecule is c1ccc(N(c2cccc(-n3c4ccccc4c4c5c6ccccc6n6c5c(cc43)Sc3ccccc3-6)c2)c2cccc3ccccc23)cc1. The summed E-state index contributed by atoms with van der Waals surface area (Å²) >= 11 is 1.88. The molecule has 0 unspecified atom stereocenters. The number of benzene rings is 8. The van der Waals surface area contributed by atoms with Gasteiger partial charge in [0, 0.05) is 53.8 Å². The lowest BCUT2D eigenvalue weighted by Crippen LogP contribution is -2.11. The number of aromatic nitrogens is 2. The van der Waals surface area contributed by atoms with Gasteiger partial charge >= 0.3 is 0 Å². The van der Waals surface area contributed by atoms with Crippen molar-refractivity contribution in [3.8, 4) is 11.4 Å². The molecule has 0 amide bonds. The summed E-state index contributed by atoms with van der Waals surface area (Å²) in [7, 11) is 0. The summed E-state index contributed by atoms with van der Waals surface area (Å²) < 4.78 is 4.96. The molecule has 0 saturated carbocycles. The van der Waals surface area contributed by atoms with Crippen molar-refractivity contribution < 1.29 is 0 Å². The Morgan fingerprint density at radius 1 is 0.420 bits per heavy atom. The summed E-state index contributed by atoms with van der Waals surface area (Å²) in [6.07, 6.45) is 0. The molecule has 4 heteroatoms. The van der Waals surface area contributed by atoms with Gasteiger partial charge in [0.25, 0.3) is 0 Å². The highest BCUT2D eigenvalue weighted by Gasteiger charge is 2.27. The van der Waals surface area contributed by atoms with Crippen LogP contribution in [0.3, 0.4) is 0 Å². The van der Waals surface area contributed by atoms with Gasteiger partial charge in [0.1, 0.15) is 0 Å². The fourth-order valence-corrected chi connectivity index (χ4v) is 9.32. The van der Waals surface area contributed by atoms with Crippen LogP contribution in [0, 0.1) is 0 Å². The first-order chi connectivity index (χ1) is 24.8. The van der Waals surface area contributed by atoms with Gasteiger partial charge in [-0.15, -0.1) is 0 Å². The summed E-state index contributed by atoms with van der Waals surface area (Å²) in [6.45, 7) is 0. The predicted molar refractivity (Wildman–Crippen MR) is 211 cm³/mol. The molecule has 3 nitrogen and oxygen atoms in total. The van der Waals surface area contributed by atoms with Crippen molar-refractivity contribution in [1.82, 2.24) is 9.13 Å². The van der Waals surface area contributed by atoms with Crippen molar-refractivity contribution in [1.29, 1.82) is 0 Å². The van der Waals surface area contributed by atoms with E-state index in [1.165, 1.54) is 69.9 Å². The average Bonchev–Trinajstić information content (AvgIpc) is 3.70. The van der Waals surface area contributed by atoms with E-state index in [-0.39, 0.29) is 0 Å². The Labute approximate surface area is 293 Å². The van der Waals surface area contributed by atoms with Gasteiger partial charge in [-0.25, -0.2) is 0 Å². The Kier molecular flexibility index (Phi) is 5.89. The molecule has 2 aromatic heterocycles. The van der Waals surface area contributed by atoms with Crippen LogP contribution in [0.4, 0.5) is 17.1 Å². The predicted octanol–water partition coefficient (Wildman–Crippen LogP) is 13.0. The maximum atomic E-state index is 2.49. The molecule has 10 aromatic rings. The van der Waals surface area contributed by atoms with E-state index in [0.717, 1.165) is 22.7 Å². The largest absolute Gasteiger partial charge is 0.310 e. The van der Waals surface area contributed by atoms with Crippen LogP contribution in [0.2, 0.25) is 0 Å². The third-order valence-electron chi connectivity index (χ3n) is 10.2. The lowest BCUT2D eigenvalue weighted by atomic mass is 10.1. The first kappa shape index (κ1) is 27.7. The van der Waals surface area contributed by atoms with E-state index in [0.29, 0.717) is 0 Å². The summed E-state index contributed by atoms with van der Waals surface area (Å²) in [4.78, 5) is 4.95.